The molecular weight excluding hydrogens is 567 g/mol. The molecule has 2 aromatic heterocycles. The Labute approximate surface area is 254 Å². The smallest absolute Gasteiger partial charge is 0.207 e. The quantitative estimate of drug-likeness (QED) is 0.204. The predicted molar refractivity (Wildman–Crippen MR) is 180 cm³/mol. The minimum absolute atomic E-state index is 0.296. The lowest BCUT2D eigenvalue weighted by molar-refractivity contribution is 0.596. The van der Waals surface area contributed by atoms with Crippen molar-refractivity contribution in [3.8, 4) is 16.8 Å². The van der Waals surface area contributed by atoms with Gasteiger partial charge in [0.2, 0.25) is 9.84 Å². The van der Waals surface area contributed by atoms with Crippen molar-refractivity contribution in [2.45, 2.75) is 23.6 Å². The van der Waals surface area contributed by atoms with Crippen LogP contribution in [0, 0.1) is 13.8 Å². The first kappa shape index (κ1) is 26.0. The summed E-state index contributed by atoms with van der Waals surface area (Å²) in [5.41, 5.74) is 7.60. The molecule has 43 heavy (non-hydrogen) atoms. The summed E-state index contributed by atoms with van der Waals surface area (Å²) in [4.78, 5) is 0.615. The van der Waals surface area contributed by atoms with Gasteiger partial charge in [-0.15, -0.1) is 11.3 Å². The van der Waals surface area contributed by atoms with E-state index in [0.717, 1.165) is 26.7 Å². The van der Waals surface area contributed by atoms with Gasteiger partial charge >= 0.3 is 0 Å². The van der Waals surface area contributed by atoms with Crippen LogP contribution in [-0.4, -0.2) is 13.0 Å². The first-order valence-electron chi connectivity index (χ1n) is 14.3. The Balaban J connectivity index is 1.42. The third-order valence-electron chi connectivity index (χ3n) is 8.34. The number of benzene rings is 6. The van der Waals surface area contributed by atoms with Crippen molar-refractivity contribution in [3.05, 3.63) is 139 Å². The van der Waals surface area contributed by atoms with Gasteiger partial charge in [0.25, 0.3) is 0 Å². The van der Waals surface area contributed by atoms with Gasteiger partial charge in [0, 0.05) is 37.4 Å². The van der Waals surface area contributed by atoms with E-state index >= 15 is 0 Å². The Morgan fingerprint density at radius 1 is 0.535 bits per heavy atom. The molecule has 0 fully saturated rings. The van der Waals surface area contributed by atoms with Gasteiger partial charge in [-0.05, 0) is 62.4 Å². The molecule has 5 heteroatoms. The summed E-state index contributed by atoms with van der Waals surface area (Å²) in [5, 5.41) is 4.78. The van der Waals surface area contributed by atoms with Crippen molar-refractivity contribution < 1.29 is 8.42 Å². The number of sulfone groups is 1. The van der Waals surface area contributed by atoms with E-state index in [0.29, 0.717) is 15.4 Å². The summed E-state index contributed by atoms with van der Waals surface area (Å²) < 4.78 is 32.3. The molecule has 0 aliphatic rings. The number of aromatic nitrogens is 1. The SMILES string of the molecule is Cc1ccc2c(c1)c1cc(C)ccc1n2-c1cccc2c1sc1c(-c3ccccc3S(=O)(=O)c3ccccc3)cccc12. The van der Waals surface area contributed by atoms with Gasteiger partial charge in [-0.2, -0.15) is 0 Å². The van der Waals surface area contributed by atoms with Crippen molar-refractivity contribution in [1.82, 2.24) is 4.57 Å². The van der Waals surface area contributed by atoms with E-state index in [9.17, 15) is 8.42 Å². The number of aryl methyl sites for hydroxylation is 2. The van der Waals surface area contributed by atoms with Gasteiger partial charge < -0.3 is 4.57 Å². The molecule has 0 unspecified atom stereocenters. The highest BCUT2D eigenvalue weighted by Crippen LogP contribution is 2.45. The number of hydrogen-bond acceptors (Lipinski definition) is 3. The summed E-state index contributed by atoms with van der Waals surface area (Å²) >= 11 is 1.73. The number of hydrogen-bond donors (Lipinski definition) is 0. The molecule has 0 amide bonds. The van der Waals surface area contributed by atoms with E-state index in [1.165, 1.54) is 37.6 Å². The van der Waals surface area contributed by atoms with E-state index in [-0.39, 0.29) is 0 Å². The Hall–Kier alpha value is -4.71. The fraction of sp³-hybridized carbons (Fsp3) is 0.0526. The van der Waals surface area contributed by atoms with Gasteiger partial charge in [0.15, 0.2) is 0 Å². The van der Waals surface area contributed by atoms with Gasteiger partial charge in [0.05, 0.1) is 31.2 Å². The van der Waals surface area contributed by atoms with E-state index in [1.54, 1.807) is 47.7 Å². The zero-order valence-corrected chi connectivity index (χ0v) is 25.3. The minimum atomic E-state index is -3.72. The molecular formula is C38H27NO2S2. The van der Waals surface area contributed by atoms with Gasteiger partial charge in [-0.3, -0.25) is 0 Å². The first-order chi connectivity index (χ1) is 20.9. The molecule has 0 aliphatic carbocycles. The Morgan fingerprint density at radius 3 is 1.81 bits per heavy atom. The highest BCUT2D eigenvalue weighted by atomic mass is 32.2. The summed E-state index contributed by atoms with van der Waals surface area (Å²) in [7, 11) is -3.72. The lowest BCUT2D eigenvalue weighted by Gasteiger charge is -2.12. The first-order valence-corrected chi connectivity index (χ1v) is 16.6. The Kier molecular flexibility index (Phi) is 5.83. The summed E-state index contributed by atoms with van der Waals surface area (Å²) in [5.74, 6) is 0. The summed E-state index contributed by atoms with van der Waals surface area (Å²) in [6.07, 6.45) is 0. The molecule has 0 saturated heterocycles. The second kappa shape index (κ2) is 9.66. The minimum Gasteiger partial charge on any atom is -0.308 e. The largest absolute Gasteiger partial charge is 0.308 e. The average molecular weight is 594 g/mol. The molecule has 2 heterocycles. The molecule has 8 rings (SSSR count). The van der Waals surface area contributed by atoms with Crippen LogP contribution in [0.2, 0.25) is 0 Å². The standard InChI is InChI=1S/C38H27NO2S2/c1-24-18-20-33-31(22-24)32-23-25(2)19-21-34(32)39(33)35-16-9-15-30-29-14-8-13-28(37(29)42-38(30)35)27-12-6-7-17-36(27)43(40,41)26-10-4-3-5-11-26/h3-23H,1-2H3. The lowest BCUT2D eigenvalue weighted by atomic mass is 10.0. The van der Waals surface area contributed by atoms with Crippen LogP contribution in [0.3, 0.4) is 0 Å². The van der Waals surface area contributed by atoms with E-state index in [2.05, 4.69) is 79.1 Å². The zero-order chi connectivity index (χ0) is 29.3. The molecule has 0 spiro atoms. The van der Waals surface area contributed by atoms with E-state index in [1.807, 2.05) is 30.3 Å². The normalized spacial score (nSPS) is 12.1. The fourth-order valence-corrected chi connectivity index (χ4v) is 9.18. The third kappa shape index (κ3) is 3.96. The van der Waals surface area contributed by atoms with Crippen molar-refractivity contribution in [1.29, 1.82) is 0 Å². The average Bonchev–Trinajstić information content (AvgIpc) is 3.57. The molecule has 0 aliphatic heterocycles. The van der Waals surface area contributed by atoms with Crippen LogP contribution >= 0.6 is 11.3 Å². The maximum absolute atomic E-state index is 13.8. The van der Waals surface area contributed by atoms with Gasteiger partial charge in [-0.1, -0.05) is 90.0 Å². The van der Waals surface area contributed by atoms with Crippen LogP contribution in [0.25, 0.3) is 58.8 Å². The maximum atomic E-state index is 13.8. The van der Waals surface area contributed by atoms with Crippen LogP contribution in [0.1, 0.15) is 11.1 Å². The molecule has 0 bridgehead atoms. The Morgan fingerprint density at radius 2 is 1.12 bits per heavy atom. The number of rotatable bonds is 4. The molecule has 0 N–H and O–H groups in total. The lowest BCUT2D eigenvalue weighted by Crippen LogP contribution is -2.03. The zero-order valence-electron chi connectivity index (χ0n) is 23.7. The van der Waals surface area contributed by atoms with Crippen molar-refractivity contribution in [3.63, 3.8) is 0 Å². The van der Waals surface area contributed by atoms with Crippen molar-refractivity contribution in [2.24, 2.45) is 0 Å². The molecule has 0 radical (unpaired) electrons. The second-order valence-electron chi connectivity index (χ2n) is 11.1. The van der Waals surface area contributed by atoms with Gasteiger partial charge in [-0.25, -0.2) is 8.42 Å². The molecule has 6 aromatic carbocycles. The maximum Gasteiger partial charge on any atom is 0.207 e. The molecule has 8 aromatic rings. The monoisotopic (exact) mass is 593 g/mol. The summed E-state index contributed by atoms with van der Waals surface area (Å²) in [6.45, 7) is 4.28. The molecule has 3 nitrogen and oxygen atoms in total. The van der Waals surface area contributed by atoms with Crippen LogP contribution in [0.5, 0.6) is 0 Å². The Bertz CT molecular complexity index is 2430. The second-order valence-corrected chi connectivity index (χ2v) is 14.1. The van der Waals surface area contributed by atoms with Crippen LogP contribution in [-0.2, 0) is 9.84 Å². The van der Waals surface area contributed by atoms with Crippen LogP contribution < -0.4 is 0 Å². The number of nitrogens with zero attached hydrogens (tertiary/aromatic N) is 1. The van der Waals surface area contributed by atoms with Crippen LogP contribution in [0.4, 0.5) is 0 Å². The highest BCUT2D eigenvalue weighted by Gasteiger charge is 2.24. The van der Waals surface area contributed by atoms with Crippen molar-refractivity contribution in [2.75, 3.05) is 0 Å². The predicted octanol–water partition coefficient (Wildman–Crippen LogP) is 10.3. The molecule has 0 saturated carbocycles. The number of fused-ring (bicyclic) bond motifs is 6. The van der Waals surface area contributed by atoms with Crippen molar-refractivity contribution >= 4 is 63.2 Å². The van der Waals surface area contributed by atoms with Crippen LogP contribution in [0.15, 0.2) is 137 Å². The fourth-order valence-electron chi connectivity index (χ4n) is 6.35. The van der Waals surface area contributed by atoms with Gasteiger partial charge in [0.1, 0.15) is 0 Å². The molecule has 0 atom stereocenters. The van der Waals surface area contributed by atoms with E-state index in [4.69, 9.17) is 0 Å². The topological polar surface area (TPSA) is 39.1 Å². The summed E-state index contributed by atoms with van der Waals surface area (Å²) in [6, 6.07) is 42.1. The number of thiophene rings is 1. The van der Waals surface area contributed by atoms with E-state index < -0.39 is 9.84 Å². The third-order valence-corrected chi connectivity index (χ3v) is 11.4. The highest BCUT2D eigenvalue weighted by molar-refractivity contribution is 7.91. The molecule has 208 valence electrons.